The standard InChI is InChI=1S/C12H24ClNO2/c1-6-10(7-2)14(9-8-13)11(15)16-12(3,4)5/h10H,6-9H2,1-5H3. The van der Waals surface area contributed by atoms with Crippen LogP contribution in [0.2, 0.25) is 0 Å². The molecule has 0 N–H and O–H groups in total. The van der Waals surface area contributed by atoms with E-state index in [-0.39, 0.29) is 12.1 Å². The molecular formula is C12H24ClNO2. The van der Waals surface area contributed by atoms with Gasteiger partial charge >= 0.3 is 6.09 Å². The minimum absolute atomic E-state index is 0.216. The van der Waals surface area contributed by atoms with Crippen molar-refractivity contribution >= 4 is 17.7 Å². The lowest BCUT2D eigenvalue weighted by Crippen LogP contribution is -2.44. The molecule has 0 unspecified atom stereocenters. The van der Waals surface area contributed by atoms with E-state index in [4.69, 9.17) is 16.3 Å². The minimum atomic E-state index is -0.451. The topological polar surface area (TPSA) is 29.5 Å². The SMILES string of the molecule is CCC(CC)N(CCCl)C(=O)OC(C)(C)C. The van der Waals surface area contributed by atoms with E-state index >= 15 is 0 Å². The second-order valence-electron chi connectivity index (χ2n) is 4.83. The second-order valence-corrected chi connectivity index (χ2v) is 5.21. The third-order valence-corrected chi connectivity index (χ3v) is 2.51. The van der Waals surface area contributed by atoms with Gasteiger partial charge in [0.1, 0.15) is 5.60 Å². The lowest BCUT2D eigenvalue weighted by Gasteiger charge is -2.32. The summed E-state index contributed by atoms with van der Waals surface area (Å²) < 4.78 is 5.37. The van der Waals surface area contributed by atoms with Crippen LogP contribution in [0.25, 0.3) is 0 Å². The molecule has 0 fully saturated rings. The maximum Gasteiger partial charge on any atom is 0.410 e. The van der Waals surface area contributed by atoms with Crippen molar-refractivity contribution in [2.24, 2.45) is 0 Å². The number of halogens is 1. The van der Waals surface area contributed by atoms with Gasteiger partial charge in [0.05, 0.1) is 0 Å². The predicted molar refractivity (Wildman–Crippen MR) is 68.0 cm³/mol. The van der Waals surface area contributed by atoms with Crippen LogP contribution in [0.1, 0.15) is 47.5 Å². The first kappa shape index (κ1) is 15.6. The molecule has 3 nitrogen and oxygen atoms in total. The molecule has 0 aliphatic rings. The highest BCUT2D eigenvalue weighted by atomic mass is 35.5. The summed E-state index contributed by atoms with van der Waals surface area (Å²) >= 11 is 5.72. The van der Waals surface area contributed by atoms with Gasteiger partial charge in [0.15, 0.2) is 0 Å². The smallest absolute Gasteiger partial charge is 0.410 e. The number of carbonyl (C=O) groups is 1. The van der Waals surface area contributed by atoms with Crippen LogP contribution >= 0.6 is 11.6 Å². The molecule has 96 valence electrons. The molecule has 0 rings (SSSR count). The average molecular weight is 250 g/mol. The van der Waals surface area contributed by atoms with Gasteiger partial charge in [-0.05, 0) is 33.6 Å². The molecule has 0 aromatic rings. The molecule has 16 heavy (non-hydrogen) atoms. The lowest BCUT2D eigenvalue weighted by atomic mass is 10.1. The van der Waals surface area contributed by atoms with E-state index in [0.717, 1.165) is 12.8 Å². The van der Waals surface area contributed by atoms with Gasteiger partial charge in [-0.3, -0.25) is 0 Å². The van der Waals surface area contributed by atoms with Gasteiger partial charge in [0, 0.05) is 18.5 Å². The predicted octanol–water partition coefficient (Wildman–Crippen LogP) is 3.65. The molecule has 1 amide bonds. The van der Waals surface area contributed by atoms with E-state index in [1.54, 1.807) is 4.90 Å². The third-order valence-electron chi connectivity index (χ3n) is 2.34. The Morgan fingerprint density at radius 3 is 2.12 bits per heavy atom. The van der Waals surface area contributed by atoms with E-state index in [9.17, 15) is 4.79 Å². The Bertz CT molecular complexity index is 210. The monoisotopic (exact) mass is 249 g/mol. The van der Waals surface area contributed by atoms with Gasteiger partial charge in [-0.1, -0.05) is 13.8 Å². The number of rotatable bonds is 5. The van der Waals surface area contributed by atoms with Crippen LogP contribution < -0.4 is 0 Å². The molecular weight excluding hydrogens is 226 g/mol. The zero-order valence-electron chi connectivity index (χ0n) is 11.0. The van der Waals surface area contributed by atoms with Crippen LogP contribution in [0.3, 0.4) is 0 Å². The molecule has 0 aliphatic carbocycles. The summed E-state index contributed by atoms with van der Waals surface area (Å²) in [6.45, 7) is 10.3. The van der Waals surface area contributed by atoms with Gasteiger partial charge in [-0.25, -0.2) is 4.79 Å². The van der Waals surface area contributed by atoms with Crippen molar-refractivity contribution in [3.8, 4) is 0 Å². The Labute approximate surface area is 104 Å². The molecule has 0 spiro atoms. The number of ether oxygens (including phenoxy) is 1. The zero-order chi connectivity index (χ0) is 12.8. The summed E-state index contributed by atoms with van der Waals surface area (Å²) in [6.07, 6.45) is 1.58. The zero-order valence-corrected chi connectivity index (χ0v) is 11.8. The fraction of sp³-hybridized carbons (Fsp3) is 0.917. The van der Waals surface area contributed by atoms with Gasteiger partial charge in [-0.2, -0.15) is 0 Å². The van der Waals surface area contributed by atoms with Crippen molar-refractivity contribution in [1.29, 1.82) is 0 Å². The molecule has 4 heteroatoms. The van der Waals surface area contributed by atoms with Gasteiger partial charge in [0.25, 0.3) is 0 Å². The fourth-order valence-corrected chi connectivity index (χ4v) is 1.75. The molecule has 0 radical (unpaired) electrons. The van der Waals surface area contributed by atoms with Crippen molar-refractivity contribution < 1.29 is 9.53 Å². The summed E-state index contributed by atoms with van der Waals surface area (Å²) in [5.74, 6) is 0.440. The van der Waals surface area contributed by atoms with Gasteiger partial charge < -0.3 is 9.64 Å². The molecule has 0 heterocycles. The molecule has 0 bridgehead atoms. The van der Waals surface area contributed by atoms with Crippen LogP contribution in [-0.4, -0.2) is 35.1 Å². The summed E-state index contributed by atoms with van der Waals surface area (Å²) in [5, 5.41) is 0. The Morgan fingerprint density at radius 2 is 1.81 bits per heavy atom. The van der Waals surface area contributed by atoms with Crippen molar-refractivity contribution in [2.75, 3.05) is 12.4 Å². The van der Waals surface area contributed by atoms with Crippen molar-refractivity contribution in [3.05, 3.63) is 0 Å². The second kappa shape index (κ2) is 7.00. The highest BCUT2D eigenvalue weighted by molar-refractivity contribution is 6.18. The fourth-order valence-electron chi connectivity index (χ4n) is 1.56. The first-order valence-electron chi connectivity index (χ1n) is 5.91. The molecule has 0 saturated heterocycles. The van der Waals surface area contributed by atoms with E-state index in [0.29, 0.717) is 12.4 Å². The van der Waals surface area contributed by atoms with Crippen molar-refractivity contribution in [2.45, 2.75) is 59.1 Å². The number of carbonyl (C=O) groups excluding carboxylic acids is 1. The van der Waals surface area contributed by atoms with Crippen LogP contribution in [-0.2, 0) is 4.74 Å². The average Bonchev–Trinajstić information content (AvgIpc) is 2.15. The van der Waals surface area contributed by atoms with Gasteiger partial charge in [-0.15, -0.1) is 11.6 Å². The Kier molecular flexibility index (Phi) is 6.81. The maximum atomic E-state index is 12.0. The molecule has 0 aromatic heterocycles. The molecule has 0 atom stereocenters. The third kappa shape index (κ3) is 5.59. The summed E-state index contributed by atoms with van der Waals surface area (Å²) in [7, 11) is 0. The van der Waals surface area contributed by atoms with Crippen LogP contribution in [0, 0.1) is 0 Å². The van der Waals surface area contributed by atoms with Crippen molar-refractivity contribution in [1.82, 2.24) is 4.90 Å². The first-order valence-corrected chi connectivity index (χ1v) is 6.44. The number of alkyl halides is 1. The Hall–Kier alpha value is -0.440. The first-order chi connectivity index (χ1) is 7.35. The largest absolute Gasteiger partial charge is 0.444 e. The van der Waals surface area contributed by atoms with Crippen LogP contribution in [0.5, 0.6) is 0 Å². The van der Waals surface area contributed by atoms with Crippen molar-refractivity contribution in [3.63, 3.8) is 0 Å². The normalized spacial score (nSPS) is 11.7. The number of hydrogen-bond donors (Lipinski definition) is 0. The maximum absolute atomic E-state index is 12.0. The quantitative estimate of drug-likeness (QED) is 0.696. The minimum Gasteiger partial charge on any atom is -0.444 e. The Morgan fingerprint density at radius 1 is 1.31 bits per heavy atom. The number of amides is 1. The molecule has 0 aliphatic heterocycles. The summed E-state index contributed by atoms with van der Waals surface area (Å²) in [5.41, 5.74) is -0.451. The molecule has 0 saturated carbocycles. The lowest BCUT2D eigenvalue weighted by molar-refractivity contribution is 0.0166. The molecule has 0 aromatic carbocycles. The van der Waals surface area contributed by atoms with Crippen LogP contribution in [0.15, 0.2) is 0 Å². The summed E-state index contributed by atoms with van der Waals surface area (Å²) in [6, 6.07) is 0.216. The van der Waals surface area contributed by atoms with Gasteiger partial charge in [0.2, 0.25) is 0 Å². The highest BCUT2D eigenvalue weighted by Gasteiger charge is 2.25. The highest BCUT2D eigenvalue weighted by Crippen LogP contribution is 2.15. The number of nitrogens with zero attached hydrogens (tertiary/aromatic N) is 1. The Balaban J connectivity index is 4.57. The van der Waals surface area contributed by atoms with E-state index in [1.807, 2.05) is 20.8 Å². The summed E-state index contributed by atoms with van der Waals surface area (Å²) in [4.78, 5) is 13.7. The van der Waals surface area contributed by atoms with E-state index in [2.05, 4.69) is 13.8 Å². The van der Waals surface area contributed by atoms with E-state index < -0.39 is 5.60 Å². The van der Waals surface area contributed by atoms with E-state index in [1.165, 1.54) is 0 Å². The number of hydrogen-bond acceptors (Lipinski definition) is 2. The van der Waals surface area contributed by atoms with Crippen LogP contribution in [0.4, 0.5) is 4.79 Å².